The van der Waals surface area contributed by atoms with Crippen molar-refractivity contribution >= 4 is 0 Å². The minimum Gasteiger partial charge on any atom is -0.107 e. The van der Waals surface area contributed by atoms with Gasteiger partial charge in [-0.3, -0.25) is 0 Å². The van der Waals surface area contributed by atoms with E-state index in [-0.39, 0.29) is 14.9 Å². The van der Waals surface area contributed by atoms with Gasteiger partial charge in [0.15, 0.2) is 0 Å². The summed E-state index contributed by atoms with van der Waals surface area (Å²) in [5, 5.41) is 0. The molecule has 124 valence electrons. The Morgan fingerprint density at radius 3 is 0.632 bits per heavy atom. The summed E-state index contributed by atoms with van der Waals surface area (Å²) in [5.41, 5.74) is 0. The molecule has 0 aliphatic carbocycles. The highest BCUT2D eigenvalue weighted by molar-refractivity contribution is 4.89. The summed E-state index contributed by atoms with van der Waals surface area (Å²) in [5.74, 6) is 6.19. The molecular weight excluding hydrogens is 228 g/mol. The van der Waals surface area contributed by atoms with Crippen LogP contribution in [-0.4, -0.2) is 0 Å². The third-order valence-corrected chi connectivity index (χ3v) is 0.250. The van der Waals surface area contributed by atoms with E-state index in [4.69, 9.17) is 0 Å². The second kappa shape index (κ2) is 84.3. The summed E-state index contributed by atoms with van der Waals surface area (Å²) in [7, 11) is 0. The summed E-state index contributed by atoms with van der Waals surface area (Å²) in [6.07, 6.45) is 3.75. The van der Waals surface area contributed by atoms with Gasteiger partial charge in [0.25, 0.3) is 0 Å². The molecule has 0 aliphatic heterocycles. The van der Waals surface area contributed by atoms with E-state index in [0.29, 0.717) is 0 Å². The SMILES string of the molecule is C.C.CC#CC.CC(C)C.CCC.CCC.CCC. The summed E-state index contributed by atoms with van der Waals surface area (Å²) in [6, 6.07) is 0. The first-order valence-electron chi connectivity index (χ1n) is 7.22. The van der Waals surface area contributed by atoms with Crippen LogP contribution in [-0.2, 0) is 0 Å². The van der Waals surface area contributed by atoms with Crippen molar-refractivity contribution < 1.29 is 0 Å². The molecule has 0 aromatic carbocycles. The molecule has 0 unspecified atom stereocenters. The number of hydrogen-bond donors (Lipinski definition) is 0. The van der Waals surface area contributed by atoms with Gasteiger partial charge in [-0.25, -0.2) is 0 Å². The van der Waals surface area contributed by atoms with Crippen LogP contribution >= 0.6 is 0 Å². The molecule has 0 amide bonds. The van der Waals surface area contributed by atoms with E-state index < -0.39 is 0 Å². The maximum Gasteiger partial charge on any atom is -0.00271 e. The minimum atomic E-state index is 0. The van der Waals surface area contributed by atoms with Gasteiger partial charge < -0.3 is 0 Å². The van der Waals surface area contributed by atoms with Gasteiger partial charge in [0, 0.05) is 0 Å². The summed E-state index contributed by atoms with van der Waals surface area (Å²) in [6.45, 7) is 22.9. The van der Waals surface area contributed by atoms with Gasteiger partial charge in [-0.1, -0.05) is 96.4 Å². The normalized spacial score (nSPS) is 5.47. The van der Waals surface area contributed by atoms with Crippen molar-refractivity contribution in [3.63, 3.8) is 0 Å². The fourth-order valence-electron chi connectivity index (χ4n) is 0. The van der Waals surface area contributed by atoms with Crippen molar-refractivity contribution in [3.8, 4) is 11.8 Å². The van der Waals surface area contributed by atoms with Crippen LogP contribution in [0.3, 0.4) is 0 Å². The third kappa shape index (κ3) is 13600. The predicted molar refractivity (Wildman–Crippen MR) is 101 cm³/mol. The molecular formula is C19H48. The second-order valence-electron chi connectivity index (χ2n) is 4.35. The summed E-state index contributed by atoms with van der Waals surface area (Å²) < 4.78 is 0. The Hall–Kier alpha value is -0.440. The molecule has 0 bridgehead atoms. The highest BCUT2D eigenvalue weighted by atomic mass is 13.7. The lowest BCUT2D eigenvalue weighted by Gasteiger charge is -1.79. The Labute approximate surface area is 128 Å². The van der Waals surface area contributed by atoms with Gasteiger partial charge in [-0.2, -0.15) is 0 Å². The molecule has 0 spiro atoms. The van der Waals surface area contributed by atoms with Crippen molar-refractivity contribution in [3.05, 3.63) is 0 Å². The van der Waals surface area contributed by atoms with Gasteiger partial charge in [-0.05, 0) is 19.8 Å². The smallest absolute Gasteiger partial charge is 0.00271 e. The molecule has 0 radical (unpaired) electrons. The molecule has 0 aromatic heterocycles. The molecule has 0 nitrogen and oxygen atoms in total. The van der Waals surface area contributed by atoms with Crippen LogP contribution in [0.4, 0.5) is 0 Å². The molecule has 0 heterocycles. The topological polar surface area (TPSA) is 0 Å². The molecule has 0 rings (SSSR count). The van der Waals surface area contributed by atoms with Gasteiger partial charge >= 0.3 is 0 Å². The first-order chi connectivity index (χ1) is 7.89. The van der Waals surface area contributed by atoms with E-state index in [1.165, 1.54) is 19.3 Å². The van der Waals surface area contributed by atoms with Crippen LogP contribution in [0.25, 0.3) is 0 Å². The van der Waals surface area contributed by atoms with E-state index >= 15 is 0 Å². The Bertz CT molecular complexity index is 87.4. The quantitative estimate of drug-likeness (QED) is 0.391. The molecule has 19 heavy (non-hydrogen) atoms. The lowest BCUT2D eigenvalue weighted by molar-refractivity contribution is 0.737. The van der Waals surface area contributed by atoms with Crippen molar-refractivity contribution in [2.45, 2.75) is 110 Å². The average Bonchev–Trinajstić information content (AvgIpc) is 2.20. The maximum atomic E-state index is 2.68. The highest BCUT2D eigenvalue weighted by Crippen LogP contribution is 1.81. The van der Waals surface area contributed by atoms with Crippen LogP contribution < -0.4 is 0 Å². The van der Waals surface area contributed by atoms with E-state index in [0.717, 1.165) is 5.92 Å². The molecule has 0 atom stereocenters. The number of hydrogen-bond acceptors (Lipinski definition) is 0. The van der Waals surface area contributed by atoms with Gasteiger partial charge in [0.05, 0.1) is 0 Å². The van der Waals surface area contributed by atoms with Crippen molar-refractivity contribution in [1.82, 2.24) is 0 Å². The van der Waals surface area contributed by atoms with Crippen LogP contribution in [0.5, 0.6) is 0 Å². The Morgan fingerprint density at radius 1 is 0.579 bits per heavy atom. The second-order valence-corrected chi connectivity index (χ2v) is 4.35. The minimum absolute atomic E-state index is 0. The monoisotopic (exact) mass is 276 g/mol. The van der Waals surface area contributed by atoms with Crippen LogP contribution in [0.2, 0.25) is 0 Å². The first-order valence-corrected chi connectivity index (χ1v) is 7.22. The molecule has 0 aromatic rings. The fraction of sp³-hybridized carbons (Fsp3) is 0.895. The van der Waals surface area contributed by atoms with E-state index in [1.54, 1.807) is 0 Å². The van der Waals surface area contributed by atoms with Gasteiger partial charge in [0.1, 0.15) is 0 Å². The largest absolute Gasteiger partial charge is 0.107 e. The van der Waals surface area contributed by atoms with E-state index in [1.807, 2.05) is 13.8 Å². The molecule has 0 fully saturated rings. The molecule has 0 heteroatoms. The highest BCUT2D eigenvalue weighted by Gasteiger charge is 1.68. The van der Waals surface area contributed by atoms with E-state index in [9.17, 15) is 0 Å². The zero-order valence-corrected chi connectivity index (χ0v) is 14.7. The number of rotatable bonds is 0. The Morgan fingerprint density at radius 2 is 0.632 bits per heavy atom. The van der Waals surface area contributed by atoms with Crippen LogP contribution in [0, 0.1) is 17.8 Å². The standard InChI is InChI=1S/C4H10.C4H6.3C3H8.2CH4/c1-4(2)3;1-3-4-2;3*1-3-2;;/h4H,1-3H3;1-2H3;3*3H2,1-2H3;2*1H4. The molecule has 0 aliphatic rings. The molecule has 0 N–H and O–H groups in total. The summed E-state index contributed by atoms with van der Waals surface area (Å²) >= 11 is 0. The lowest BCUT2D eigenvalue weighted by Crippen LogP contribution is -1.66. The summed E-state index contributed by atoms with van der Waals surface area (Å²) in [4.78, 5) is 0. The van der Waals surface area contributed by atoms with E-state index in [2.05, 4.69) is 74.2 Å². The molecule has 0 saturated carbocycles. The zero-order chi connectivity index (χ0) is 15.1. The molecule has 0 saturated heterocycles. The Kier molecular flexibility index (Phi) is 190. The van der Waals surface area contributed by atoms with Crippen LogP contribution in [0.1, 0.15) is 110 Å². The van der Waals surface area contributed by atoms with Crippen molar-refractivity contribution in [2.75, 3.05) is 0 Å². The maximum absolute atomic E-state index is 2.68. The zero-order valence-electron chi connectivity index (χ0n) is 14.7. The average molecular weight is 277 g/mol. The predicted octanol–water partition coefficient (Wildman–Crippen LogP) is 8.21. The fourth-order valence-corrected chi connectivity index (χ4v) is 0. The van der Waals surface area contributed by atoms with Gasteiger partial charge in [0.2, 0.25) is 0 Å². The lowest BCUT2D eigenvalue weighted by atomic mass is 10.3. The van der Waals surface area contributed by atoms with Gasteiger partial charge in [-0.15, -0.1) is 11.8 Å². The van der Waals surface area contributed by atoms with Crippen molar-refractivity contribution in [1.29, 1.82) is 0 Å². The first kappa shape index (κ1) is 42.8. The third-order valence-electron chi connectivity index (χ3n) is 0.250. The Balaban J connectivity index is -0.0000000186. The van der Waals surface area contributed by atoms with Crippen LogP contribution in [0.15, 0.2) is 0 Å². The van der Waals surface area contributed by atoms with Crippen molar-refractivity contribution in [2.24, 2.45) is 5.92 Å².